The third-order valence-electron chi connectivity index (χ3n) is 4.68. The van der Waals surface area contributed by atoms with Crippen LogP contribution in [0.5, 0.6) is 5.75 Å². The molecule has 0 bridgehead atoms. The number of hydrogen-bond donors (Lipinski definition) is 1. The molecule has 0 aliphatic heterocycles. The van der Waals surface area contributed by atoms with Crippen molar-refractivity contribution in [2.75, 3.05) is 7.11 Å². The van der Waals surface area contributed by atoms with Crippen molar-refractivity contribution in [1.29, 1.82) is 0 Å². The van der Waals surface area contributed by atoms with E-state index in [1.807, 2.05) is 0 Å². The molecule has 3 rings (SSSR count). The van der Waals surface area contributed by atoms with Crippen LogP contribution in [0, 0.1) is 6.92 Å². The number of ether oxygens (including phenoxy) is 1. The van der Waals surface area contributed by atoms with E-state index in [9.17, 15) is 14.2 Å². The van der Waals surface area contributed by atoms with Crippen LogP contribution >= 0.6 is 30.5 Å². The average Bonchev–Trinajstić information content (AvgIpc) is 2.74. The van der Waals surface area contributed by atoms with Gasteiger partial charge in [-0.3, -0.25) is 19.7 Å². The summed E-state index contributed by atoms with van der Waals surface area (Å²) < 4.78 is 18.3. The van der Waals surface area contributed by atoms with Gasteiger partial charge in [-0.05, 0) is 36.8 Å². The summed E-state index contributed by atoms with van der Waals surface area (Å²) in [5.74, 6) is -0.263. The number of methoxy groups -OCH3 is 1. The van der Waals surface area contributed by atoms with Gasteiger partial charge >= 0.3 is 0 Å². The van der Waals surface area contributed by atoms with Gasteiger partial charge in [-0.15, -0.1) is 0 Å². The van der Waals surface area contributed by atoms with E-state index in [2.05, 4.69) is 0 Å². The summed E-state index contributed by atoms with van der Waals surface area (Å²) in [5.41, 5.74) is 6.69. The second-order valence-electron chi connectivity index (χ2n) is 6.59. The van der Waals surface area contributed by atoms with Crippen LogP contribution in [0.15, 0.2) is 60.7 Å². The molecule has 30 heavy (non-hydrogen) atoms. The molecular formula is C22H18Cl2NO4P. The number of halogens is 2. The number of rotatable bonds is 6. The number of nitrogens with two attached hydrogens (primary N) is 1. The highest BCUT2D eigenvalue weighted by molar-refractivity contribution is 7.85. The van der Waals surface area contributed by atoms with Gasteiger partial charge in [-0.25, -0.2) is 0 Å². The van der Waals surface area contributed by atoms with Crippen LogP contribution < -0.4 is 15.5 Å². The van der Waals surface area contributed by atoms with E-state index in [-0.39, 0.29) is 32.2 Å². The Bertz CT molecular complexity index is 1190. The highest BCUT2D eigenvalue weighted by atomic mass is 35.5. The smallest absolute Gasteiger partial charge is 0.241 e. The van der Waals surface area contributed by atoms with Gasteiger partial charge in [0.1, 0.15) is 5.75 Å². The predicted molar refractivity (Wildman–Crippen MR) is 120 cm³/mol. The highest BCUT2D eigenvalue weighted by Crippen LogP contribution is 2.40. The van der Waals surface area contributed by atoms with Crippen molar-refractivity contribution in [3.8, 4) is 5.75 Å². The van der Waals surface area contributed by atoms with Crippen molar-refractivity contribution in [3.05, 3.63) is 93.0 Å². The Morgan fingerprint density at radius 1 is 0.933 bits per heavy atom. The Balaban J connectivity index is 1.97. The minimum atomic E-state index is -3.86. The van der Waals surface area contributed by atoms with E-state index >= 15 is 0 Å². The molecule has 3 aromatic carbocycles. The highest BCUT2D eigenvalue weighted by Gasteiger charge is 2.31. The third-order valence-corrected chi connectivity index (χ3v) is 7.20. The molecule has 0 radical (unpaired) electrons. The first-order valence-corrected chi connectivity index (χ1v) is 11.4. The van der Waals surface area contributed by atoms with E-state index in [4.69, 9.17) is 33.4 Å². The first-order chi connectivity index (χ1) is 14.2. The van der Waals surface area contributed by atoms with Gasteiger partial charge in [-0.1, -0.05) is 59.6 Å². The zero-order valence-electron chi connectivity index (χ0n) is 16.2. The summed E-state index contributed by atoms with van der Waals surface area (Å²) in [7, 11) is -2.47. The minimum Gasteiger partial charge on any atom is -0.494 e. The van der Waals surface area contributed by atoms with Crippen LogP contribution in [0.1, 0.15) is 31.8 Å². The van der Waals surface area contributed by atoms with Gasteiger partial charge < -0.3 is 4.74 Å². The zero-order valence-corrected chi connectivity index (χ0v) is 18.6. The average molecular weight is 462 g/mol. The quantitative estimate of drug-likeness (QED) is 0.400. The molecule has 0 fully saturated rings. The molecule has 0 saturated heterocycles. The number of carbonyl (C=O) groups is 2. The number of carbonyl (C=O) groups excluding carboxylic acids is 2. The number of benzene rings is 3. The first-order valence-electron chi connectivity index (χ1n) is 8.85. The minimum absolute atomic E-state index is 0.117. The zero-order chi connectivity index (χ0) is 22.1. The number of hydrogen-bond acceptors (Lipinski definition) is 4. The Labute approximate surface area is 184 Å². The topological polar surface area (TPSA) is 86.5 Å². The largest absolute Gasteiger partial charge is 0.494 e. The van der Waals surface area contributed by atoms with E-state index in [1.165, 1.54) is 43.5 Å². The molecule has 8 heteroatoms. The maximum absolute atomic E-state index is 13.1. The molecule has 1 atom stereocenters. The monoisotopic (exact) mass is 461 g/mol. The fourth-order valence-electron chi connectivity index (χ4n) is 3.03. The van der Waals surface area contributed by atoms with Gasteiger partial charge in [0.2, 0.25) is 12.8 Å². The molecule has 0 aromatic heterocycles. The van der Waals surface area contributed by atoms with Crippen LogP contribution in [0.3, 0.4) is 0 Å². The normalized spacial score (nSPS) is 12.8. The molecule has 0 saturated carbocycles. The lowest BCUT2D eigenvalue weighted by atomic mass is 10.0. The van der Waals surface area contributed by atoms with E-state index in [0.29, 0.717) is 11.1 Å². The van der Waals surface area contributed by atoms with Crippen LogP contribution in [0.25, 0.3) is 0 Å². The SMILES string of the molecule is COc1c(Cl)ccc(Cl)c1C(=O)c1ccc(P(N)(=O)C(=O)c2ccccc2C)cc1. The standard InChI is InChI=1S/C22H18Cl2NO4P/c1-13-5-3-4-6-16(13)22(27)30(25,28)15-9-7-14(8-10-15)20(26)19-17(23)11-12-18(24)21(19)29-2/h3-12H,1-2H3,(H2,25,28). The summed E-state index contributed by atoms with van der Waals surface area (Å²) in [4.78, 5) is 25.8. The van der Waals surface area contributed by atoms with Crippen molar-refractivity contribution in [1.82, 2.24) is 0 Å². The van der Waals surface area contributed by atoms with Gasteiger partial charge in [0, 0.05) is 16.4 Å². The van der Waals surface area contributed by atoms with Crippen LogP contribution in [0.2, 0.25) is 10.0 Å². The van der Waals surface area contributed by atoms with Crippen LogP contribution in [0.4, 0.5) is 0 Å². The Morgan fingerprint density at radius 2 is 1.53 bits per heavy atom. The Hall–Kier alpha value is -2.43. The molecule has 3 aromatic rings. The van der Waals surface area contributed by atoms with E-state index in [1.54, 1.807) is 31.2 Å². The maximum Gasteiger partial charge on any atom is 0.241 e. The lowest BCUT2D eigenvalue weighted by molar-refractivity contribution is 0.103. The maximum atomic E-state index is 13.1. The molecule has 0 spiro atoms. The van der Waals surface area contributed by atoms with Gasteiger partial charge in [0.15, 0.2) is 5.78 Å². The lowest BCUT2D eigenvalue weighted by Gasteiger charge is -2.15. The predicted octanol–water partition coefficient (Wildman–Crippen LogP) is 5.24. The van der Waals surface area contributed by atoms with Gasteiger partial charge in [0.25, 0.3) is 0 Å². The van der Waals surface area contributed by atoms with Crippen molar-refractivity contribution in [2.45, 2.75) is 6.92 Å². The second kappa shape index (κ2) is 8.75. The summed E-state index contributed by atoms with van der Waals surface area (Å²) in [6.45, 7) is 1.75. The summed E-state index contributed by atoms with van der Waals surface area (Å²) in [6, 6.07) is 15.5. The van der Waals surface area contributed by atoms with E-state index < -0.39 is 18.6 Å². The van der Waals surface area contributed by atoms with Crippen molar-refractivity contribution in [3.63, 3.8) is 0 Å². The molecule has 0 heterocycles. The molecule has 154 valence electrons. The first kappa shape index (κ1) is 22.3. The molecule has 0 aliphatic carbocycles. The second-order valence-corrected chi connectivity index (χ2v) is 9.64. The van der Waals surface area contributed by atoms with E-state index in [0.717, 1.165) is 0 Å². The Morgan fingerprint density at radius 3 is 2.13 bits per heavy atom. The fourth-order valence-corrected chi connectivity index (χ4v) is 4.94. The molecular weight excluding hydrogens is 444 g/mol. The van der Waals surface area contributed by atoms with Crippen molar-refractivity contribution in [2.24, 2.45) is 5.50 Å². The fraction of sp³-hybridized carbons (Fsp3) is 0.0909. The van der Waals surface area contributed by atoms with Gasteiger partial charge in [-0.2, -0.15) is 0 Å². The summed E-state index contributed by atoms with van der Waals surface area (Å²) >= 11 is 12.3. The summed E-state index contributed by atoms with van der Waals surface area (Å²) in [5, 5.41) is 0.582. The lowest BCUT2D eigenvalue weighted by Crippen LogP contribution is -2.20. The molecule has 0 aliphatic rings. The van der Waals surface area contributed by atoms with Crippen LogP contribution in [-0.2, 0) is 4.57 Å². The van der Waals surface area contributed by atoms with Crippen LogP contribution in [-0.4, -0.2) is 18.4 Å². The summed E-state index contributed by atoms with van der Waals surface area (Å²) in [6.07, 6.45) is 0. The van der Waals surface area contributed by atoms with Gasteiger partial charge in [0.05, 0.1) is 22.7 Å². The Kier molecular flexibility index (Phi) is 6.49. The third kappa shape index (κ3) is 4.07. The number of aryl methyl sites for hydroxylation is 1. The molecule has 5 nitrogen and oxygen atoms in total. The number of ketones is 1. The molecule has 2 N–H and O–H groups in total. The van der Waals surface area contributed by atoms with Crippen molar-refractivity contribution >= 4 is 47.1 Å². The molecule has 1 unspecified atom stereocenters. The van der Waals surface area contributed by atoms with Crippen molar-refractivity contribution < 1.29 is 18.9 Å². The molecule has 0 amide bonds.